The molecule has 0 aromatic heterocycles. The van der Waals surface area contributed by atoms with Gasteiger partial charge in [0.05, 0.1) is 12.0 Å². The van der Waals surface area contributed by atoms with Gasteiger partial charge in [-0.3, -0.25) is 19.2 Å². The van der Waals surface area contributed by atoms with Gasteiger partial charge in [-0.2, -0.15) is 18.4 Å². The van der Waals surface area contributed by atoms with E-state index in [1.807, 2.05) is 44.3 Å². The first-order chi connectivity index (χ1) is 18.4. The van der Waals surface area contributed by atoms with E-state index in [9.17, 15) is 37.6 Å². The number of fused-ring (bicyclic) bond motifs is 2. The van der Waals surface area contributed by atoms with Crippen molar-refractivity contribution < 1.29 is 32.3 Å². The number of nitrogens with zero attached hydrogens (tertiary/aromatic N) is 2. The van der Waals surface area contributed by atoms with Crippen molar-refractivity contribution in [2.24, 2.45) is 22.7 Å². The van der Waals surface area contributed by atoms with E-state index >= 15 is 0 Å². The summed E-state index contributed by atoms with van der Waals surface area (Å²) >= 11 is 0. The molecular weight excluding hydrogens is 527 g/mol. The van der Waals surface area contributed by atoms with Crippen LogP contribution in [0.25, 0.3) is 0 Å². The molecule has 0 radical (unpaired) electrons. The van der Waals surface area contributed by atoms with E-state index < -0.39 is 53.4 Å². The van der Waals surface area contributed by atoms with Crippen molar-refractivity contribution in [2.75, 3.05) is 11.9 Å². The first kappa shape index (κ1) is 29.4. The number of benzene rings is 1. The molecule has 2 aliphatic heterocycles. The van der Waals surface area contributed by atoms with Gasteiger partial charge in [-0.25, -0.2) is 0 Å². The van der Waals surface area contributed by atoms with Crippen LogP contribution in [0, 0.1) is 40.9 Å². The van der Waals surface area contributed by atoms with Crippen LogP contribution in [-0.4, -0.2) is 59.4 Å². The molecule has 0 bridgehead atoms. The highest BCUT2D eigenvalue weighted by atomic mass is 19.4. The van der Waals surface area contributed by atoms with Gasteiger partial charge < -0.3 is 20.9 Å². The molecule has 3 N–H and O–H groups in total. The number of carbonyl (C=O) groups excluding carboxylic acids is 4. The number of carbonyl (C=O) groups is 4. The van der Waals surface area contributed by atoms with Crippen molar-refractivity contribution >= 4 is 29.3 Å². The Labute approximate surface area is 230 Å². The SMILES string of the molecule is Cc1ccc2c(c1)C(CC(C#N)NC(=O)[C@@H]1[C@H]3[C@H](CN1C(=O)[C@@H](NC(=O)C(F)(F)F)C(C)(C)C)C3(C)C)C(=O)N2. The summed E-state index contributed by atoms with van der Waals surface area (Å²) in [5.41, 5.74) is 0.931. The molecule has 2 unspecified atom stereocenters. The van der Waals surface area contributed by atoms with Gasteiger partial charge in [0.25, 0.3) is 0 Å². The second-order valence-corrected chi connectivity index (χ2v) is 12.7. The number of hydrogen-bond acceptors (Lipinski definition) is 5. The Bertz CT molecular complexity index is 1300. The van der Waals surface area contributed by atoms with Crippen LogP contribution in [0.15, 0.2) is 18.2 Å². The maximum absolute atomic E-state index is 13.6. The third kappa shape index (κ3) is 5.25. The van der Waals surface area contributed by atoms with E-state index in [0.29, 0.717) is 5.69 Å². The van der Waals surface area contributed by atoms with Crippen molar-refractivity contribution in [2.45, 2.75) is 78.2 Å². The second-order valence-electron chi connectivity index (χ2n) is 12.7. The Balaban J connectivity index is 1.55. The quantitative estimate of drug-likeness (QED) is 0.492. The third-order valence-corrected chi connectivity index (χ3v) is 8.51. The van der Waals surface area contributed by atoms with Crippen molar-refractivity contribution in [3.63, 3.8) is 0 Å². The van der Waals surface area contributed by atoms with E-state index in [1.54, 1.807) is 6.07 Å². The van der Waals surface area contributed by atoms with Crippen LogP contribution in [0.5, 0.6) is 0 Å². The van der Waals surface area contributed by atoms with Crippen LogP contribution in [0.3, 0.4) is 0 Å². The number of likely N-dealkylation sites (tertiary alicyclic amines) is 1. The summed E-state index contributed by atoms with van der Waals surface area (Å²) in [5.74, 6) is -4.92. The van der Waals surface area contributed by atoms with Gasteiger partial charge in [0.15, 0.2) is 0 Å². The Morgan fingerprint density at radius 1 is 1.20 bits per heavy atom. The van der Waals surface area contributed by atoms with E-state index in [4.69, 9.17) is 0 Å². The number of amides is 4. The lowest BCUT2D eigenvalue weighted by Gasteiger charge is -2.37. The minimum atomic E-state index is -5.18. The summed E-state index contributed by atoms with van der Waals surface area (Å²) in [7, 11) is 0. The highest BCUT2D eigenvalue weighted by Crippen LogP contribution is 2.65. The maximum Gasteiger partial charge on any atom is 0.471 e. The van der Waals surface area contributed by atoms with Gasteiger partial charge in [-0.05, 0) is 47.6 Å². The van der Waals surface area contributed by atoms with Gasteiger partial charge in [0.2, 0.25) is 17.7 Å². The molecule has 1 aromatic rings. The molecule has 4 rings (SSSR count). The molecule has 2 fully saturated rings. The van der Waals surface area contributed by atoms with Gasteiger partial charge in [0.1, 0.15) is 18.1 Å². The number of aryl methyl sites for hydroxylation is 1. The lowest BCUT2D eigenvalue weighted by molar-refractivity contribution is -0.176. The Morgan fingerprint density at radius 2 is 1.85 bits per heavy atom. The van der Waals surface area contributed by atoms with E-state index in [1.165, 1.54) is 25.7 Å². The van der Waals surface area contributed by atoms with Gasteiger partial charge in [-0.1, -0.05) is 52.3 Å². The number of rotatable bonds is 6. The molecular formula is C28H34F3N5O4. The fourth-order valence-corrected chi connectivity index (χ4v) is 6.16. The summed E-state index contributed by atoms with van der Waals surface area (Å²) in [4.78, 5) is 52.9. The highest BCUT2D eigenvalue weighted by Gasteiger charge is 2.70. The molecule has 1 aliphatic carbocycles. The third-order valence-electron chi connectivity index (χ3n) is 8.51. The molecule has 2 heterocycles. The molecule has 1 aromatic carbocycles. The number of halogens is 3. The zero-order valence-corrected chi connectivity index (χ0v) is 23.3. The van der Waals surface area contributed by atoms with Crippen LogP contribution in [0.2, 0.25) is 0 Å². The molecule has 12 heteroatoms. The number of anilines is 1. The smallest absolute Gasteiger partial charge is 0.339 e. The van der Waals surface area contributed by atoms with Gasteiger partial charge in [-0.15, -0.1) is 0 Å². The van der Waals surface area contributed by atoms with Gasteiger partial charge in [0, 0.05) is 12.2 Å². The van der Waals surface area contributed by atoms with Crippen LogP contribution >= 0.6 is 0 Å². The number of piperidine rings is 1. The Morgan fingerprint density at radius 3 is 2.42 bits per heavy atom. The fraction of sp³-hybridized carbons (Fsp3) is 0.607. The monoisotopic (exact) mass is 561 g/mol. The fourth-order valence-electron chi connectivity index (χ4n) is 6.16. The van der Waals surface area contributed by atoms with Crippen molar-refractivity contribution in [1.29, 1.82) is 5.26 Å². The maximum atomic E-state index is 13.6. The molecule has 3 aliphatic rings. The Kier molecular flexibility index (Phi) is 7.18. The molecule has 1 saturated heterocycles. The van der Waals surface area contributed by atoms with Crippen LogP contribution in [0.1, 0.15) is 58.1 Å². The van der Waals surface area contributed by atoms with Crippen LogP contribution < -0.4 is 16.0 Å². The standard InChI is InChI=1S/C28H34F3N5O4/c1-13-7-8-18-15(9-13)16(22(37)34-18)10-14(11-32)33-23(38)20-19-17(27(19,5)6)12-36(20)24(39)21(26(2,3)4)35-25(40)28(29,30)31/h7-9,14,16-17,19-21H,10,12H2,1-6H3,(H,33,38)(H,34,37)(H,35,40)/t14?,16?,17-,19+,20-,21+/m0/s1. The number of hydrogen-bond donors (Lipinski definition) is 3. The summed E-state index contributed by atoms with van der Waals surface area (Å²) in [6, 6.07) is 3.89. The minimum Gasteiger partial charge on any atom is -0.339 e. The van der Waals surface area contributed by atoms with Crippen molar-refractivity contribution in [3.8, 4) is 6.07 Å². The van der Waals surface area contributed by atoms with Crippen LogP contribution in [-0.2, 0) is 19.2 Å². The summed E-state index contributed by atoms with van der Waals surface area (Å²) in [6.45, 7) is 10.5. The lowest BCUT2D eigenvalue weighted by Crippen LogP contribution is -2.61. The molecule has 9 nitrogen and oxygen atoms in total. The molecule has 216 valence electrons. The molecule has 0 spiro atoms. The Hall–Kier alpha value is -3.62. The van der Waals surface area contributed by atoms with E-state index in [2.05, 4.69) is 10.6 Å². The van der Waals surface area contributed by atoms with Crippen molar-refractivity contribution in [1.82, 2.24) is 15.5 Å². The summed E-state index contributed by atoms with van der Waals surface area (Å²) in [5, 5.41) is 17.1. The van der Waals surface area contributed by atoms with Gasteiger partial charge >= 0.3 is 12.1 Å². The molecule has 40 heavy (non-hydrogen) atoms. The molecule has 4 amide bonds. The largest absolute Gasteiger partial charge is 0.471 e. The zero-order chi connectivity index (χ0) is 29.9. The van der Waals surface area contributed by atoms with Crippen molar-refractivity contribution in [3.05, 3.63) is 29.3 Å². The predicted octanol–water partition coefficient (Wildman–Crippen LogP) is 3.01. The average Bonchev–Trinajstić information content (AvgIpc) is 3.14. The first-order valence-corrected chi connectivity index (χ1v) is 13.2. The number of nitrogens with one attached hydrogen (secondary N) is 3. The van der Waals surface area contributed by atoms with Crippen LogP contribution in [0.4, 0.5) is 18.9 Å². The summed E-state index contributed by atoms with van der Waals surface area (Å²) in [6.07, 6.45) is -5.17. The highest BCUT2D eigenvalue weighted by molar-refractivity contribution is 6.03. The molecule has 1 saturated carbocycles. The minimum absolute atomic E-state index is 0.00887. The first-order valence-electron chi connectivity index (χ1n) is 13.2. The number of nitriles is 1. The zero-order valence-electron chi connectivity index (χ0n) is 23.3. The van der Waals surface area contributed by atoms with E-state index in [0.717, 1.165) is 11.1 Å². The number of alkyl halides is 3. The lowest BCUT2D eigenvalue weighted by atomic mass is 9.85. The molecule has 6 atom stereocenters. The average molecular weight is 562 g/mol. The normalized spacial score (nSPS) is 26.1. The topological polar surface area (TPSA) is 131 Å². The van der Waals surface area contributed by atoms with E-state index in [-0.39, 0.29) is 36.1 Å². The summed E-state index contributed by atoms with van der Waals surface area (Å²) < 4.78 is 39.1. The second kappa shape index (κ2) is 9.78. The predicted molar refractivity (Wildman–Crippen MR) is 138 cm³/mol.